The highest BCUT2D eigenvalue weighted by atomic mass is 16.5. The first kappa shape index (κ1) is 13.5. The quantitative estimate of drug-likeness (QED) is 0.719. The van der Waals surface area contributed by atoms with Crippen LogP contribution in [-0.4, -0.2) is 12.2 Å². The van der Waals surface area contributed by atoms with Gasteiger partial charge in [0.1, 0.15) is 5.69 Å². The van der Waals surface area contributed by atoms with Crippen LogP contribution in [0.4, 0.5) is 5.69 Å². The Morgan fingerprint density at radius 2 is 1.95 bits per heavy atom. The molecule has 0 radical (unpaired) electrons. The summed E-state index contributed by atoms with van der Waals surface area (Å²) >= 11 is 0. The third kappa shape index (κ3) is 2.84. The highest BCUT2D eigenvalue weighted by Crippen LogP contribution is 2.24. The summed E-state index contributed by atoms with van der Waals surface area (Å²) in [6.45, 7) is 4.90. The lowest BCUT2D eigenvalue weighted by Crippen LogP contribution is -2.17. The maximum Gasteiger partial charge on any atom is 0.202 e. The van der Waals surface area contributed by atoms with Gasteiger partial charge in [0.25, 0.3) is 0 Å². The minimum Gasteiger partial charge on any atom is -0.461 e. The molecule has 3 rings (SSSR count). The molecule has 0 spiro atoms. The molecule has 2 aromatic heterocycles. The van der Waals surface area contributed by atoms with Crippen molar-refractivity contribution in [3.05, 3.63) is 59.5 Å². The Hall–Kier alpha value is -2.49. The number of aromatic nitrogens is 1. The summed E-state index contributed by atoms with van der Waals surface area (Å²) in [6, 6.07) is 12.1. The maximum atomic E-state index is 5.33. The van der Waals surface area contributed by atoms with Gasteiger partial charge in [-0.05, 0) is 43.2 Å². The van der Waals surface area contributed by atoms with Crippen LogP contribution in [0, 0.1) is 13.8 Å². The maximum absolute atomic E-state index is 5.33. The third-order valence-electron chi connectivity index (χ3n) is 3.50. The van der Waals surface area contributed by atoms with Gasteiger partial charge >= 0.3 is 0 Å². The largest absolute Gasteiger partial charge is 0.461 e. The second-order valence-electron chi connectivity index (χ2n) is 5.31. The van der Waals surface area contributed by atoms with Crippen LogP contribution in [0.1, 0.15) is 16.8 Å². The van der Waals surface area contributed by atoms with E-state index in [0.717, 1.165) is 5.69 Å². The molecule has 4 heteroatoms. The lowest BCUT2D eigenvalue weighted by atomic mass is 10.1. The number of hydrogen-bond acceptors (Lipinski definition) is 4. The number of benzene rings is 1. The molecule has 2 heterocycles. The van der Waals surface area contributed by atoms with Crippen molar-refractivity contribution in [3.8, 4) is 11.5 Å². The van der Waals surface area contributed by atoms with E-state index in [4.69, 9.17) is 8.94 Å². The molecule has 0 aliphatic carbocycles. The van der Waals surface area contributed by atoms with Gasteiger partial charge in [-0.2, -0.15) is 0 Å². The van der Waals surface area contributed by atoms with E-state index in [9.17, 15) is 0 Å². The summed E-state index contributed by atoms with van der Waals surface area (Å²) in [5.41, 5.74) is 4.58. The summed E-state index contributed by atoms with van der Waals surface area (Å²) in [6.07, 6.45) is 1.62. The molecule has 0 bridgehead atoms. The minimum atomic E-state index is 0.657. The summed E-state index contributed by atoms with van der Waals surface area (Å²) in [4.78, 5) is 2.17. The van der Waals surface area contributed by atoms with Crippen LogP contribution < -0.4 is 4.90 Å². The van der Waals surface area contributed by atoms with E-state index in [-0.39, 0.29) is 0 Å². The molecule has 3 aromatic rings. The van der Waals surface area contributed by atoms with Gasteiger partial charge in [-0.3, -0.25) is 0 Å². The van der Waals surface area contributed by atoms with Crippen LogP contribution >= 0.6 is 0 Å². The topological polar surface area (TPSA) is 42.4 Å². The Bertz CT molecular complexity index is 729. The van der Waals surface area contributed by atoms with Gasteiger partial charge in [0.15, 0.2) is 5.76 Å². The number of hydrogen-bond donors (Lipinski definition) is 0. The summed E-state index contributed by atoms with van der Waals surface area (Å²) < 4.78 is 10.6. The first-order valence-corrected chi connectivity index (χ1v) is 6.91. The molecule has 108 valence electrons. The summed E-state index contributed by atoms with van der Waals surface area (Å²) in [5.74, 6) is 1.35. The summed E-state index contributed by atoms with van der Waals surface area (Å²) in [7, 11) is 2.06. The zero-order chi connectivity index (χ0) is 14.8. The Kier molecular flexibility index (Phi) is 3.52. The summed E-state index contributed by atoms with van der Waals surface area (Å²) in [5, 5.41) is 4.11. The second kappa shape index (κ2) is 5.48. The van der Waals surface area contributed by atoms with Crippen molar-refractivity contribution in [2.75, 3.05) is 11.9 Å². The van der Waals surface area contributed by atoms with E-state index < -0.39 is 0 Å². The van der Waals surface area contributed by atoms with Gasteiger partial charge in [0, 0.05) is 18.8 Å². The van der Waals surface area contributed by atoms with Crippen LogP contribution in [0.3, 0.4) is 0 Å². The van der Waals surface area contributed by atoms with Crippen molar-refractivity contribution < 1.29 is 8.94 Å². The van der Waals surface area contributed by atoms with Gasteiger partial charge in [0.05, 0.1) is 12.8 Å². The van der Waals surface area contributed by atoms with Crippen LogP contribution in [0.2, 0.25) is 0 Å². The van der Waals surface area contributed by atoms with E-state index in [1.807, 2.05) is 18.2 Å². The second-order valence-corrected chi connectivity index (χ2v) is 5.31. The molecule has 0 fully saturated rings. The van der Waals surface area contributed by atoms with Crippen molar-refractivity contribution in [2.24, 2.45) is 0 Å². The van der Waals surface area contributed by atoms with Crippen molar-refractivity contribution in [2.45, 2.75) is 20.4 Å². The molecule has 0 saturated carbocycles. The van der Waals surface area contributed by atoms with Crippen molar-refractivity contribution in [3.63, 3.8) is 0 Å². The third-order valence-corrected chi connectivity index (χ3v) is 3.50. The molecule has 21 heavy (non-hydrogen) atoms. The fourth-order valence-electron chi connectivity index (χ4n) is 2.38. The van der Waals surface area contributed by atoms with E-state index in [2.05, 4.69) is 49.2 Å². The highest BCUT2D eigenvalue weighted by Gasteiger charge is 2.12. The van der Waals surface area contributed by atoms with Gasteiger partial charge in [-0.15, -0.1) is 0 Å². The van der Waals surface area contributed by atoms with Gasteiger partial charge in [-0.1, -0.05) is 17.3 Å². The normalized spacial score (nSPS) is 10.8. The Balaban J connectivity index is 1.79. The van der Waals surface area contributed by atoms with E-state index in [1.54, 1.807) is 6.26 Å². The first-order chi connectivity index (χ1) is 10.1. The highest BCUT2D eigenvalue weighted by molar-refractivity contribution is 5.55. The lowest BCUT2D eigenvalue weighted by molar-refractivity contribution is 0.410. The fraction of sp³-hybridized carbons (Fsp3) is 0.235. The molecule has 0 unspecified atom stereocenters. The Morgan fingerprint density at radius 3 is 2.71 bits per heavy atom. The first-order valence-electron chi connectivity index (χ1n) is 6.91. The zero-order valence-corrected chi connectivity index (χ0v) is 12.5. The Morgan fingerprint density at radius 1 is 1.10 bits per heavy atom. The van der Waals surface area contributed by atoms with Gasteiger partial charge in [-0.25, -0.2) is 0 Å². The molecule has 0 saturated heterocycles. The van der Waals surface area contributed by atoms with E-state index in [1.165, 1.54) is 16.8 Å². The minimum absolute atomic E-state index is 0.657. The molecule has 4 nitrogen and oxygen atoms in total. The molecular weight excluding hydrogens is 264 g/mol. The van der Waals surface area contributed by atoms with Crippen LogP contribution in [0.25, 0.3) is 11.5 Å². The zero-order valence-electron chi connectivity index (χ0n) is 12.5. The van der Waals surface area contributed by atoms with Gasteiger partial charge < -0.3 is 13.8 Å². The molecule has 1 aromatic carbocycles. The van der Waals surface area contributed by atoms with Crippen molar-refractivity contribution >= 4 is 5.69 Å². The molecule has 0 atom stereocenters. The van der Waals surface area contributed by atoms with Crippen LogP contribution in [-0.2, 0) is 6.54 Å². The van der Waals surface area contributed by atoms with E-state index >= 15 is 0 Å². The predicted molar refractivity (Wildman–Crippen MR) is 82.2 cm³/mol. The lowest BCUT2D eigenvalue weighted by Gasteiger charge is -2.20. The number of nitrogens with zero attached hydrogens (tertiary/aromatic N) is 2. The number of furan rings is 1. The predicted octanol–water partition coefficient (Wildman–Crippen LogP) is 4.19. The number of anilines is 1. The van der Waals surface area contributed by atoms with Gasteiger partial charge in [0.2, 0.25) is 5.76 Å². The van der Waals surface area contributed by atoms with Crippen molar-refractivity contribution in [1.29, 1.82) is 0 Å². The standard InChI is InChI=1S/C17H18N2O2/c1-12-6-7-13(2)15(9-12)19(3)11-14-10-17(21-18-14)16-5-4-8-20-16/h4-10H,11H2,1-3H3. The molecule has 0 aliphatic heterocycles. The molecule has 0 N–H and O–H groups in total. The number of aryl methyl sites for hydroxylation is 2. The molecular formula is C17H18N2O2. The average molecular weight is 282 g/mol. The van der Waals surface area contributed by atoms with Crippen molar-refractivity contribution in [1.82, 2.24) is 5.16 Å². The molecule has 0 aliphatic rings. The Labute approximate surface area is 124 Å². The van der Waals surface area contributed by atoms with Crippen LogP contribution in [0.15, 0.2) is 51.6 Å². The molecule has 0 amide bonds. The monoisotopic (exact) mass is 282 g/mol. The number of rotatable bonds is 4. The SMILES string of the molecule is Cc1ccc(C)c(N(C)Cc2cc(-c3ccco3)on2)c1. The smallest absolute Gasteiger partial charge is 0.202 e. The van der Waals surface area contributed by atoms with Crippen LogP contribution in [0.5, 0.6) is 0 Å². The van der Waals surface area contributed by atoms with E-state index in [0.29, 0.717) is 18.1 Å². The average Bonchev–Trinajstić information content (AvgIpc) is 3.11. The fourth-order valence-corrected chi connectivity index (χ4v) is 2.38.